The normalized spacial score (nSPS) is 19.2. The number of hydrogen-bond acceptors (Lipinski definition) is 5. The molecule has 1 atom stereocenters. The van der Waals surface area contributed by atoms with Gasteiger partial charge in [-0.15, -0.1) is 0 Å². The maximum atomic E-state index is 13.1. The lowest BCUT2D eigenvalue weighted by atomic mass is 10.1. The zero-order chi connectivity index (χ0) is 22.1. The number of anilines is 1. The summed E-state index contributed by atoms with van der Waals surface area (Å²) in [5, 5.41) is 1.03. The molecule has 0 saturated carbocycles. The van der Waals surface area contributed by atoms with Crippen LogP contribution in [0.15, 0.2) is 48.5 Å². The number of nitrogens with zero attached hydrogens (tertiary/aromatic N) is 4. The minimum Gasteiger partial charge on any atom is -0.345 e. The SMILES string of the molecule is CCc1ccc2nc(N3CCN(C(=O)C4CC(=O)N(Cc5ccccc5)C4)CC3)sc2c1. The molecule has 2 aliphatic heterocycles. The van der Waals surface area contributed by atoms with Gasteiger partial charge in [0.25, 0.3) is 0 Å². The van der Waals surface area contributed by atoms with Gasteiger partial charge in [-0.05, 0) is 29.7 Å². The number of thiazole rings is 1. The molecule has 32 heavy (non-hydrogen) atoms. The van der Waals surface area contributed by atoms with Gasteiger partial charge in [-0.1, -0.05) is 54.7 Å². The zero-order valence-electron chi connectivity index (χ0n) is 18.4. The number of fused-ring (bicyclic) bond motifs is 1. The number of aryl methyl sites for hydroxylation is 1. The van der Waals surface area contributed by atoms with Crippen LogP contribution in [-0.2, 0) is 22.6 Å². The number of likely N-dealkylation sites (tertiary alicyclic amines) is 1. The molecule has 2 fully saturated rings. The van der Waals surface area contributed by atoms with Gasteiger partial charge in [0.15, 0.2) is 5.13 Å². The Bertz CT molecular complexity index is 1120. The molecule has 2 aromatic carbocycles. The van der Waals surface area contributed by atoms with Gasteiger partial charge in [0, 0.05) is 45.7 Å². The third-order valence-electron chi connectivity index (χ3n) is 6.49. The van der Waals surface area contributed by atoms with Crippen molar-refractivity contribution in [1.29, 1.82) is 0 Å². The highest BCUT2D eigenvalue weighted by Gasteiger charge is 2.37. The van der Waals surface area contributed by atoms with Gasteiger partial charge in [0.2, 0.25) is 11.8 Å². The van der Waals surface area contributed by atoms with Gasteiger partial charge >= 0.3 is 0 Å². The van der Waals surface area contributed by atoms with Crippen LogP contribution < -0.4 is 4.90 Å². The number of hydrogen-bond donors (Lipinski definition) is 0. The zero-order valence-corrected chi connectivity index (χ0v) is 19.2. The average Bonchev–Trinajstić information content (AvgIpc) is 3.42. The van der Waals surface area contributed by atoms with Gasteiger partial charge in [0.1, 0.15) is 0 Å². The summed E-state index contributed by atoms with van der Waals surface area (Å²) in [6.45, 7) is 6.18. The third-order valence-corrected chi connectivity index (χ3v) is 7.57. The Morgan fingerprint density at radius 1 is 1.06 bits per heavy atom. The fraction of sp³-hybridized carbons (Fsp3) is 0.400. The van der Waals surface area contributed by atoms with Crippen LogP contribution in [0.4, 0.5) is 5.13 Å². The van der Waals surface area contributed by atoms with Crippen molar-refractivity contribution in [3.8, 4) is 0 Å². The highest BCUT2D eigenvalue weighted by Crippen LogP contribution is 2.31. The average molecular weight is 449 g/mol. The molecule has 1 aromatic heterocycles. The first-order valence-electron chi connectivity index (χ1n) is 11.4. The fourth-order valence-electron chi connectivity index (χ4n) is 4.58. The highest BCUT2D eigenvalue weighted by molar-refractivity contribution is 7.22. The van der Waals surface area contributed by atoms with Crippen LogP contribution in [0.3, 0.4) is 0 Å². The van der Waals surface area contributed by atoms with E-state index < -0.39 is 0 Å². The largest absolute Gasteiger partial charge is 0.345 e. The van der Waals surface area contributed by atoms with Crippen molar-refractivity contribution in [3.63, 3.8) is 0 Å². The van der Waals surface area contributed by atoms with E-state index in [9.17, 15) is 9.59 Å². The van der Waals surface area contributed by atoms with Crippen molar-refractivity contribution in [3.05, 3.63) is 59.7 Å². The molecule has 0 aliphatic carbocycles. The Morgan fingerprint density at radius 3 is 2.59 bits per heavy atom. The van der Waals surface area contributed by atoms with Crippen LogP contribution in [0.5, 0.6) is 0 Å². The van der Waals surface area contributed by atoms with Gasteiger partial charge < -0.3 is 14.7 Å². The smallest absolute Gasteiger partial charge is 0.228 e. The molecule has 3 heterocycles. The van der Waals surface area contributed by atoms with Crippen LogP contribution in [0.25, 0.3) is 10.2 Å². The lowest BCUT2D eigenvalue weighted by molar-refractivity contribution is -0.136. The first-order valence-corrected chi connectivity index (χ1v) is 12.2. The van der Waals surface area contributed by atoms with Gasteiger partial charge in [-0.2, -0.15) is 0 Å². The number of piperazine rings is 1. The topological polar surface area (TPSA) is 56.8 Å². The third kappa shape index (κ3) is 4.21. The molecule has 0 bridgehead atoms. The van der Waals surface area contributed by atoms with E-state index in [1.165, 1.54) is 10.3 Å². The quantitative estimate of drug-likeness (QED) is 0.599. The summed E-state index contributed by atoms with van der Waals surface area (Å²) >= 11 is 1.73. The van der Waals surface area contributed by atoms with Gasteiger partial charge in [-0.3, -0.25) is 9.59 Å². The van der Waals surface area contributed by atoms with Crippen LogP contribution in [0.1, 0.15) is 24.5 Å². The van der Waals surface area contributed by atoms with Crippen molar-refractivity contribution in [2.24, 2.45) is 5.92 Å². The lowest BCUT2D eigenvalue weighted by Gasteiger charge is -2.35. The second-order valence-electron chi connectivity index (χ2n) is 8.63. The molecule has 2 amide bonds. The summed E-state index contributed by atoms with van der Waals surface area (Å²) in [5.74, 6) is -0.0371. The minimum atomic E-state index is -0.229. The van der Waals surface area contributed by atoms with Crippen molar-refractivity contribution in [2.45, 2.75) is 26.3 Å². The number of carbonyl (C=O) groups is 2. The maximum Gasteiger partial charge on any atom is 0.228 e. The Balaban J connectivity index is 1.18. The Morgan fingerprint density at radius 2 is 1.84 bits per heavy atom. The Labute approximate surface area is 192 Å². The van der Waals surface area contributed by atoms with Gasteiger partial charge in [0.05, 0.1) is 16.1 Å². The molecule has 6 nitrogen and oxygen atoms in total. The molecule has 0 N–H and O–H groups in total. The predicted octanol–water partition coefficient (Wildman–Crippen LogP) is 3.56. The van der Waals surface area contributed by atoms with Crippen molar-refractivity contribution < 1.29 is 9.59 Å². The van der Waals surface area contributed by atoms with Crippen molar-refractivity contribution in [2.75, 3.05) is 37.6 Å². The van der Waals surface area contributed by atoms with E-state index >= 15 is 0 Å². The molecular weight excluding hydrogens is 420 g/mol. The standard InChI is InChI=1S/C25H28N4O2S/c1-2-18-8-9-21-22(14-18)32-25(26-21)28-12-10-27(11-13-28)24(31)20-15-23(30)29(17-20)16-19-6-4-3-5-7-19/h3-9,14,20H,2,10-13,15-17H2,1H3. The fourth-order valence-corrected chi connectivity index (χ4v) is 5.66. The van der Waals surface area contributed by atoms with Crippen molar-refractivity contribution in [1.82, 2.24) is 14.8 Å². The number of aromatic nitrogens is 1. The molecule has 2 saturated heterocycles. The van der Waals surface area contributed by atoms with Crippen LogP contribution in [-0.4, -0.2) is 59.3 Å². The Kier molecular flexibility index (Phi) is 5.83. The summed E-state index contributed by atoms with van der Waals surface area (Å²) in [4.78, 5) is 36.4. The monoisotopic (exact) mass is 448 g/mol. The second kappa shape index (κ2) is 8.90. The molecule has 7 heteroatoms. The highest BCUT2D eigenvalue weighted by atomic mass is 32.1. The van der Waals surface area contributed by atoms with Crippen LogP contribution in [0.2, 0.25) is 0 Å². The van der Waals surface area contributed by atoms with Crippen LogP contribution in [0, 0.1) is 5.92 Å². The van der Waals surface area contributed by atoms with E-state index in [1.807, 2.05) is 40.1 Å². The number of benzene rings is 2. The number of carbonyl (C=O) groups excluding carboxylic acids is 2. The number of rotatable bonds is 5. The van der Waals surface area contributed by atoms with Gasteiger partial charge in [-0.25, -0.2) is 4.98 Å². The maximum absolute atomic E-state index is 13.1. The molecule has 1 unspecified atom stereocenters. The molecular formula is C25H28N4O2S. The van der Waals surface area contributed by atoms with E-state index in [2.05, 4.69) is 30.0 Å². The molecule has 0 spiro atoms. The van der Waals surface area contributed by atoms with Crippen LogP contribution >= 0.6 is 11.3 Å². The molecule has 5 rings (SSSR count). The summed E-state index contributed by atoms with van der Waals surface area (Å²) in [7, 11) is 0. The molecule has 2 aliphatic rings. The van der Waals surface area contributed by atoms with E-state index in [0.717, 1.165) is 35.7 Å². The summed E-state index contributed by atoms with van der Waals surface area (Å²) < 4.78 is 1.22. The summed E-state index contributed by atoms with van der Waals surface area (Å²) in [6, 6.07) is 16.4. The number of amides is 2. The predicted molar refractivity (Wildman–Crippen MR) is 128 cm³/mol. The summed E-state index contributed by atoms with van der Waals surface area (Å²) in [5.41, 5.74) is 3.48. The summed E-state index contributed by atoms with van der Waals surface area (Å²) in [6.07, 6.45) is 1.35. The lowest BCUT2D eigenvalue weighted by Crippen LogP contribution is -2.50. The Hall–Kier alpha value is -2.93. The molecule has 0 radical (unpaired) electrons. The first-order chi connectivity index (χ1) is 15.6. The second-order valence-corrected chi connectivity index (χ2v) is 9.63. The first kappa shape index (κ1) is 20.9. The molecule has 166 valence electrons. The van der Waals surface area contributed by atoms with E-state index in [0.29, 0.717) is 32.6 Å². The van der Waals surface area contributed by atoms with E-state index in [4.69, 9.17) is 4.98 Å². The molecule has 3 aromatic rings. The minimum absolute atomic E-state index is 0.0757. The van der Waals surface area contributed by atoms with E-state index in [1.54, 1.807) is 11.3 Å². The van der Waals surface area contributed by atoms with Crippen molar-refractivity contribution >= 4 is 38.5 Å². The van der Waals surface area contributed by atoms with E-state index in [-0.39, 0.29) is 17.7 Å².